The van der Waals surface area contributed by atoms with Crippen molar-refractivity contribution in [1.82, 2.24) is 0 Å². The number of benzene rings is 1. The Kier molecular flexibility index (Phi) is 7.75. The van der Waals surface area contributed by atoms with Gasteiger partial charge in [-0.05, 0) is 19.9 Å². The smallest absolute Gasteiger partial charge is 0.493 e. The van der Waals surface area contributed by atoms with Crippen LogP contribution in [0.15, 0.2) is 30.4 Å². The summed E-state index contributed by atoms with van der Waals surface area (Å²) in [6, 6.07) is 4.09. The molecule has 0 aliphatic rings. The standard InChI is InChI=1S/C11H13BF3O.K/c1-3-4-7-16-11-6-5-9(2)8-10(11)12(13,14)15;/h3-6,8H,7H2,1-2H3;/q-1;+1. The molecule has 1 rings (SSSR count). The molecule has 1 aromatic carbocycles. The largest absolute Gasteiger partial charge is 1.00 e. The van der Waals surface area contributed by atoms with Crippen LogP contribution in [0.5, 0.6) is 5.75 Å². The first-order valence-electron chi connectivity index (χ1n) is 4.99. The van der Waals surface area contributed by atoms with Gasteiger partial charge in [0.25, 0.3) is 0 Å². The topological polar surface area (TPSA) is 9.23 Å². The van der Waals surface area contributed by atoms with Crippen LogP contribution >= 0.6 is 0 Å². The molecule has 0 unspecified atom stereocenters. The van der Waals surface area contributed by atoms with Crippen LogP contribution in [-0.2, 0) is 0 Å². The van der Waals surface area contributed by atoms with Crippen molar-refractivity contribution in [2.24, 2.45) is 0 Å². The number of halogens is 3. The van der Waals surface area contributed by atoms with E-state index in [9.17, 15) is 12.9 Å². The van der Waals surface area contributed by atoms with Crippen molar-refractivity contribution < 1.29 is 69.1 Å². The van der Waals surface area contributed by atoms with Gasteiger partial charge in [0, 0.05) is 0 Å². The molecule has 0 spiro atoms. The van der Waals surface area contributed by atoms with E-state index in [0.29, 0.717) is 5.56 Å². The Bertz CT molecular complexity index is 391. The minimum Gasteiger partial charge on any atom is -0.493 e. The fourth-order valence-corrected chi connectivity index (χ4v) is 1.29. The van der Waals surface area contributed by atoms with Crippen LogP contribution in [0.1, 0.15) is 12.5 Å². The van der Waals surface area contributed by atoms with Crippen LogP contribution in [0.4, 0.5) is 12.9 Å². The second kappa shape index (κ2) is 7.63. The van der Waals surface area contributed by atoms with Gasteiger partial charge in [0.1, 0.15) is 6.61 Å². The third kappa shape index (κ3) is 5.61. The maximum Gasteiger partial charge on any atom is 1.00 e. The average molecular weight is 268 g/mol. The molecule has 0 saturated carbocycles. The van der Waals surface area contributed by atoms with E-state index >= 15 is 0 Å². The van der Waals surface area contributed by atoms with E-state index in [1.165, 1.54) is 6.07 Å². The summed E-state index contributed by atoms with van der Waals surface area (Å²) in [5.74, 6) is -0.101. The normalized spacial score (nSPS) is 11.4. The summed E-state index contributed by atoms with van der Waals surface area (Å²) in [4.78, 5) is 0. The van der Waals surface area contributed by atoms with Crippen LogP contribution in [0.3, 0.4) is 0 Å². The van der Waals surface area contributed by atoms with E-state index in [1.54, 1.807) is 32.1 Å². The molecule has 0 aromatic heterocycles. The maximum atomic E-state index is 12.7. The van der Waals surface area contributed by atoms with E-state index in [2.05, 4.69) is 0 Å². The fraction of sp³-hybridized carbons (Fsp3) is 0.273. The summed E-state index contributed by atoms with van der Waals surface area (Å²) in [5.41, 5.74) is -0.0860. The van der Waals surface area contributed by atoms with E-state index < -0.39 is 12.4 Å². The first-order valence-corrected chi connectivity index (χ1v) is 4.99. The molecule has 0 heterocycles. The van der Waals surface area contributed by atoms with Gasteiger partial charge in [-0.25, -0.2) is 0 Å². The van der Waals surface area contributed by atoms with E-state index in [-0.39, 0.29) is 63.7 Å². The number of hydrogen-bond acceptors (Lipinski definition) is 1. The summed E-state index contributed by atoms with van der Waals surface area (Å²) in [6.07, 6.45) is 3.39. The van der Waals surface area contributed by atoms with Gasteiger partial charge in [-0.15, -0.1) is 0 Å². The quantitative estimate of drug-likeness (QED) is 0.552. The summed E-state index contributed by atoms with van der Waals surface area (Å²) < 4.78 is 43.2. The van der Waals surface area contributed by atoms with Crippen LogP contribution in [0.25, 0.3) is 0 Å². The van der Waals surface area contributed by atoms with Gasteiger partial charge in [0.2, 0.25) is 0 Å². The van der Waals surface area contributed by atoms with Gasteiger partial charge in [-0.3, -0.25) is 0 Å². The first kappa shape index (κ1) is 17.3. The number of allylic oxidation sites excluding steroid dienone is 1. The predicted molar refractivity (Wildman–Crippen MR) is 60.2 cm³/mol. The number of rotatable bonds is 4. The Morgan fingerprint density at radius 2 is 1.94 bits per heavy atom. The molecule has 17 heavy (non-hydrogen) atoms. The second-order valence-corrected chi connectivity index (χ2v) is 3.50. The van der Waals surface area contributed by atoms with E-state index in [1.807, 2.05) is 0 Å². The zero-order valence-electron chi connectivity index (χ0n) is 10.2. The zero-order valence-corrected chi connectivity index (χ0v) is 13.3. The average Bonchev–Trinajstić information content (AvgIpc) is 2.19. The van der Waals surface area contributed by atoms with Gasteiger partial charge >= 0.3 is 58.4 Å². The molecule has 0 bridgehead atoms. The van der Waals surface area contributed by atoms with Crippen LogP contribution in [0, 0.1) is 6.92 Å². The molecule has 1 nitrogen and oxygen atoms in total. The van der Waals surface area contributed by atoms with E-state index in [4.69, 9.17) is 4.74 Å². The molecule has 88 valence electrons. The molecule has 0 atom stereocenters. The van der Waals surface area contributed by atoms with Gasteiger partial charge < -0.3 is 17.7 Å². The summed E-state index contributed by atoms with van der Waals surface area (Å²) in [7, 11) is 0. The maximum absolute atomic E-state index is 12.7. The fourth-order valence-electron chi connectivity index (χ4n) is 1.29. The van der Waals surface area contributed by atoms with Crippen LogP contribution in [0.2, 0.25) is 0 Å². The molecule has 6 heteroatoms. The van der Waals surface area contributed by atoms with Crippen LogP contribution < -0.4 is 61.6 Å². The molecule has 0 amide bonds. The molecule has 0 aliphatic carbocycles. The minimum absolute atomic E-state index is 0. The Balaban J connectivity index is 0.00000256. The molecule has 0 aliphatic heterocycles. The number of aryl methyl sites for hydroxylation is 1. The molecule has 0 N–H and O–H groups in total. The molecule has 1 aromatic rings. The monoisotopic (exact) mass is 268 g/mol. The van der Waals surface area contributed by atoms with Gasteiger partial charge in [0.05, 0.1) is 5.75 Å². The van der Waals surface area contributed by atoms with E-state index in [0.717, 1.165) is 6.07 Å². The van der Waals surface area contributed by atoms with Crippen molar-refractivity contribution in [2.45, 2.75) is 13.8 Å². The van der Waals surface area contributed by atoms with Crippen molar-refractivity contribution in [3.8, 4) is 5.75 Å². The van der Waals surface area contributed by atoms with Gasteiger partial charge in [-0.2, -0.15) is 0 Å². The zero-order chi connectivity index (χ0) is 12.2. The third-order valence-electron chi connectivity index (χ3n) is 2.09. The summed E-state index contributed by atoms with van der Waals surface area (Å²) in [6.45, 7) is -1.46. The Labute approximate surface area is 142 Å². The first-order chi connectivity index (χ1) is 7.45. The third-order valence-corrected chi connectivity index (χ3v) is 2.09. The van der Waals surface area contributed by atoms with Crippen LogP contribution in [-0.4, -0.2) is 13.6 Å². The molecular formula is C11H13BF3KO. The number of hydrogen-bond donors (Lipinski definition) is 0. The SMILES string of the molecule is CC=CCOc1ccc(C)cc1[B-](F)(F)F.[K+]. The Morgan fingerprint density at radius 3 is 2.47 bits per heavy atom. The van der Waals surface area contributed by atoms with Crippen molar-refractivity contribution in [2.75, 3.05) is 6.61 Å². The number of ether oxygens (including phenoxy) is 1. The summed E-state index contributed by atoms with van der Waals surface area (Å²) in [5, 5.41) is 0. The molecule has 0 radical (unpaired) electrons. The van der Waals surface area contributed by atoms with Crippen molar-refractivity contribution in [3.63, 3.8) is 0 Å². The van der Waals surface area contributed by atoms with Gasteiger partial charge in [-0.1, -0.05) is 35.3 Å². The van der Waals surface area contributed by atoms with Crippen molar-refractivity contribution in [3.05, 3.63) is 35.9 Å². The molecular weight excluding hydrogens is 255 g/mol. The van der Waals surface area contributed by atoms with Gasteiger partial charge in [0.15, 0.2) is 0 Å². The van der Waals surface area contributed by atoms with Crippen molar-refractivity contribution in [1.29, 1.82) is 0 Å². The predicted octanol–water partition coefficient (Wildman–Crippen LogP) is 0.00832. The molecule has 0 fully saturated rings. The second-order valence-electron chi connectivity index (χ2n) is 3.50. The summed E-state index contributed by atoms with van der Waals surface area (Å²) >= 11 is 0. The Hall–Kier alpha value is 0.251. The molecule has 0 saturated heterocycles. The Morgan fingerprint density at radius 1 is 1.29 bits per heavy atom. The van der Waals surface area contributed by atoms with Crippen molar-refractivity contribution >= 4 is 12.4 Å². The minimum atomic E-state index is -5.03.